The molecule has 0 unspecified atom stereocenters. The summed E-state index contributed by atoms with van der Waals surface area (Å²) in [5.74, 6) is 3.03. The van der Waals surface area contributed by atoms with E-state index in [0.717, 1.165) is 30.7 Å². The summed E-state index contributed by atoms with van der Waals surface area (Å²) in [4.78, 5) is 11.4. The van der Waals surface area contributed by atoms with E-state index in [0.29, 0.717) is 11.3 Å². The summed E-state index contributed by atoms with van der Waals surface area (Å²) in [7, 11) is 4.13. The molecule has 7 heteroatoms. The van der Waals surface area contributed by atoms with Crippen molar-refractivity contribution in [1.82, 2.24) is 25.5 Å². The first-order valence-electron chi connectivity index (χ1n) is 9.69. The van der Waals surface area contributed by atoms with Crippen molar-refractivity contribution in [2.45, 2.75) is 44.4 Å². The first kappa shape index (κ1) is 17.3. The Morgan fingerprint density at radius 1 is 1.27 bits per heavy atom. The van der Waals surface area contributed by atoms with Crippen molar-refractivity contribution >= 4 is 17.6 Å². The van der Waals surface area contributed by atoms with Gasteiger partial charge in [-0.25, -0.2) is 4.98 Å². The van der Waals surface area contributed by atoms with E-state index in [1.165, 1.54) is 44.2 Å². The van der Waals surface area contributed by atoms with Gasteiger partial charge in [0.1, 0.15) is 5.82 Å². The molecule has 2 aliphatic carbocycles. The molecule has 0 aromatic carbocycles. The molecule has 4 rings (SSSR count). The van der Waals surface area contributed by atoms with Crippen LogP contribution in [0.2, 0.25) is 0 Å². The third kappa shape index (κ3) is 3.82. The van der Waals surface area contributed by atoms with Crippen molar-refractivity contribution in [1.29, 1.82) is 0 Å². The fourth-order valence-corrected chi connectivity index (χ4v) is 4.20. The molecule has 2 heterocycles. The Labute approximate surface area is 155 Å². The molecular weight excluding hydrogens is 326 g/mol. The molecule has 7 nitrogen and oxygen atoms in total. The zero-order chi connectivity index (χ0) is 18.0. The van der Waals surface area contributed by atoms with Gasteiger partial charge in [0.25, 0.3) is 0 Å². The number of aromatic amines is 1. The molecule has 26 heavy (non-hydrogen) atoms. The molecular formula is C19H29N7. The molecule has 0 spiro atoms. The fraction of sp³-hybridized carbons (Fsp3) is 0.632. The topological polar surface area (TPSA) is 81.8 Å². The van der Waals surface area contributed by atoms with Gasteiger partial charge in [0.05, 0.1) is 0 Å². The summed E-state index contributed by atoms with van der Waals surface area (Å²) < 4.78 is 0. The average molecular weight is 355 g/mol. The van der Waals surface area contributed by atoms with E-state index in [4.69, 9.17) is 4.98 Å². The predicted molar refractivity (Wildman–Crippen MR) is 104 cm³/mol. The summed E-state index contributed by atoms with van der Waals surface area (Å²) in [6.07, 6.45) is 9.52. The molecule has 2 aromatic rings. The van der Waals surface area contributed by atoms with Crippen molar-refractivity contribution < 1.29 is 0 Å². The quantitative estimate of drug-likeness (QED) is 0.675. The molecule has 2 aliphatic rings. The third-order valence-electron chi connectivity index (χ3n) is 5.64. The van der Waals surface area contributed by atoms with Crippen LogP contribution in [0.3, 0.4) is 0 Å². The number of H-pyrrole nitrogens is 1. The standard InChI is InChI=1S/C19H29N7/c1-20-12-19(8-3-4-9-19)13-26(2)18-21-10-7-16(23-18)22-17-11-15(24-25-17)14-5-6-14/h7,10-11,14,20H,3-6,8-9,12-13H2,1-2H3,(H2,21,22,23,24,25). The van der Waals surface area contributed by atoms with Crippen molar-refractivity contribution in [3.63, 3.8) is 0 Å². The second kappa shape index (κ2) is 7.23. The van der Waals surface area contributed by atoms with E-state index in [1.54, 1.807) is 0 Å². The van der Waals surface area contributed by atoms with Gasteiger partial charge in [-0.3, -0.25) is 5.10 Å². The highest BCUT2D eigenvalue weighted by Crippen LogP contribution is 2.40. The molecule has 0 amide bonds. The highest BCUT2D eigenvalue weighted by Gasteiger charge is 2.34. The van der Waals surface area contributed by atoms with E-state index in [9.17, 15) is 0 Å². The Hall–Kier alpha value is -2.15. The number of hydrogen-bond donors (Lipinski definition) is 3. The van der Waals surface area contributed by atoms with Gasteiger partial charge < -0.3 is 15.5 Å². The molecule has 2 saturated carbocycles. The first-order valence-corrected chi connectivity index (χ1v) is 9.69. The maximum absolute atomic E-state index is 4.70. The molecule has 0 bridgehead atoms. The number of anilines is 3. The van der Waals surface area contributed by atoms with Gasteiger partial charge in [-0.15, -0.1) is 0 Å². The minimum atomic E-state index is 0.331. The Morgan fingerprint density at radius 2 is 2.08 bits per heavy atom. The SMILES string of the molecule is CNCC1(CN(C)c2nccc(Nc3cc(C4CC4)[nH]n3)n2)CCCC1. The van der Waals surface area contributed by atoms with E-state index in [2.05, 4.69) is 43.8 Å². The van der Waals surface area contributed by atoms with Crippen LogP contribution in [0.4, 0.5) is 17.6 Å². The third-order valence-corrected chi connectivity index (χ3v) is 5.64. The highest BCUT2D eigenvalue weighted by atomic mass is 15.3. The Bertz CT molecular complexity index is 731. The van der Waals surface area contributed by atoms with Gasteiger partial charge in [0, 0.05) is 49.4 Å². The molecule has 0 atom stereocenters. The summed E-state index contributed by atoms with van der Waals surface area (Å²) in [6.45, 7) is 2.03. The van der Waals surface area contributed by atoms with Crippen LogP contribution in [0.25, 0.3) is 0 Å². The highest BCUT2D eigenvalue weighted by molar-refractivity contribution is 5.53. The van der Waals surface area contributed by atoms with E-state index in [-0.39, 0.29) is 0 Å². The van der Waals surface area contributed by atoms with Gasteiger partial charge in [-0.2, -0.15) is 10.1 Å². The van der Waals surface area contributed by atoms with Gasteiger partial charge in [-0.1, -0.05) is 12.8 Å². The smallest absolute Gasteiger partial charge is 0.227 e. The molecule has 2 fully saturated rings. The maximum Gasteiger partial charge on any atom is 0.227 e. The Kier molecular flexibility index (Phi) is 4.80. The minimum Gasteiger partial charge on any atom is -0.343 e. The van der Waals surface area contributed by atoms with Crippen LogP contribution in [0.1, 0.15) is 50.1 Å². The lowest BCUT2D eigenvalue weighted by Crippen LogP contribution is -2.41. The van der Waals surface area contributed by atoms with Crippen molar-refractivity contribution in [3.8, 4) is 0 Å². The normalized spacial score (nSPS) is 18.8. The molecule has 3 N–H and O–H groups in total. The summed E-state index contributed by atoms with van der Waals surface area (Å²) >= 11 is 0. The van der Waals surface area contributed by atoms with Crippen molar-refractivity contribution in [3.05, 3.63) is 24.0 Å². The number of hydrogen-bond acceptors (Lipinski definition) is 6. The Morgan fingerprint density at radius 3 is 2.81 bits per heavy atom. The zero-order valence-corrected chi connectivity index (χ0v) is 15.8. The summed E-state index contributed by atoms with van der Waals surface area (Å²) in [5, 5.41) is 14.1. The molecule has 2 aromatic heterocycles. The summed E-state index contributed by atoms with van der Waals surface area (Å²) in [6, 6.07) is 3.98. The van der Waals surface area contributed by atoms with Gasteiger partial charge in [-0.05, 0) is 38.8 Å². The van der Waals surface area contributed by atoms with Crippen molar-refractivity contribution in [2.75, 3.05) is 37.4 Å². The monoisotopic (exact) mass is 355 g/mol. The molecule has 0 aliphatic heterocycles. The minimum absolute atomic E-state index is 0.331. The lowest BCUT2D eigenvalue weighted by molar-refractivity contribution is 0.294. The largest absolute Gasteiger partial charge is 0.343 e. The molecule has 0 radical (unpaired) electrons. The lowest BCUT2D eigenvalue weighted by atomic mass is 9.85. The van der Waals surface area contributed by atoms with Crippen LogP contribution >= 0.6 is 0 Å². The first-order chi connectivity index (χ1) is 12.7. The number of nitrogens with zero attached hydrogens (tertiary/aromatic N) is 4. The van der Waals surface area contributed by atoms with Crippen LogP contribution < -0.4 is 15.5 Å². The van der Waals surface area contributed by atoms with Crippen molar-refractivity contribution in [2.24, 2.45) is 5.41 Å². The van der Waals surface area contributed by atoms with Crippen LogP contribution in [0, 0.1) is 5.41 Å². The number of nitrogens with one attached hydrogen (secondary N) is 3. The van der Waals surface area contributed by atoms with E-state index < -0.39 is 0 Å². The zero-order valence-electron chi connectivity index (χ0n) is 15.8. The van der Waals surface area contributed by atoms with Gasteiger partial charge in [0.2, 0.25) is 5.95 Å². The molecule has 0 saturated heterocycles. The van der Waals surface area contributed by atoms with Crippen LogP contribution in [0.15, 0.2) is 18.3 Å². The second-order valence-electron chi connectivity index (χ2n) is 7.94. The molecule has 140 valence electrons. The lowest BCUT2D eigenvalue weighted by Gasteiger charge is -2.33. The number of rotatable bonds is 8. The van der Waals surface area contributed by atoms with E-state index >= 15 is 0 Å². The number of aromatic nitrogens is 4. The summed E-state index contributed by atoms with van der Waals surface area (Å²) in [5.41, 5.74) is 1.55. The Balaban J connectivity index is 1.44. The van der Waals surface area contributed by atoms with Gasteiger partial charge >= 0.3 is 0 Å². The maximum atomic E-state index is 4.70. The predicted octanol–water partition coefficient (Wildman–Crippen LogP) is 3.04. The fourth-order valence-electron chi connectivity index (χ4n) is 4.20. The van der Waals surface area contributed by atoms with Crippen LogP contribution in [0.5, 0.6) is 0 Å². The van der Waals surface area contributed by atoms with Crippen LogP contribution in [-0.2, 0) is 0 Å². The van der Waals surface area contributed by atoms with Gasteiger partial charge in [0.15, 0.2) is 5.82 Å². The average Bonchev–Trinajstić information content (AvgIpc) is 3.22. The van der Waals surface area contributed by atoms with E-state index in [1.807, 2.05) is 19.3 Å². The van der Waals surface area contributed by atoms with Crippen LogP contribution in [-0.4, -0.2) is 47.4 Å². The second-order valence-corrected chi connectivity index (χ2v) is 7.94.